The van der Waals surface area contributed by atoms with Crippen LogP contribution in [0.2, 0.25) is 0 Å². The summed E-state index contributed by atoms with van der Waals surface area (Å²) in [4.78, 5) is 5.40. The highest BCUT2D eigenvalue weighted by atomic mass is 79.9. The first kappa shape index (κ1) is 16.6. The molecule has 0 bridgehead atoms. The summed E-state index contributed by atoms with van der Waals surface area (Å²) in [6, 6.07) is 4.36. The van der Waals surface area contributed by atoms with E-state index < -0.39 is 0 Å². The van der Waals surface area contributed by atoms with Crippen LogP contribution in [-0.4, -0.2) is 55.4 Å². The minimum atomic E-state index is 0.349. The average Bonchev–Trinajstić information content (AvgIpc) is 3.17. The van der Waals surface area contributed by atoms with Crippen molar-refractivity contribution in [2.75, 3.05) is 39.3 Å². The highest BCUT2D eigenvalue weighted by Crippen LogP contribution is 2.21. The molecule has 2 N–H and O–H groups in total. The molecular formula is C15H23BrN3OS2+. The smallest absolute Gasteiger partial charge is 0.169 e. The predicted molar refractivity (Wildman–Crippen MR) is 97.6 cm³/mol. The Hall–Kier alpha value is -0.210. The molecule has 0 aliphatic carbocycles. The van der Waals surface area contributed by atoms with Gasteiger partial charge in [-0.3, -0.25) is 0 Å². The minimum absolute atomic E-state index is 0.349. The van der Waals surface area contributed by atoms with Gasteiger partial charge in [0.15, 0.2) is 5.11 Å². The molecule has 122 valence electrons. The lowest BCUT2D eigenvalue weighted by atomic mass is 10.2. The van der Waals surface area contributed by atoms with Gasteiger partial charge in [0.25, 0.3) is 0 Å². The molecule has 0 unspecified atom stereocenters. The van der Waals surface area contributed by atoms with Gasteiger partial charge in [0, 0.05) is 13.2 Å². The second-order valence-corrected chi connectivity index (χ2v) is 8.87. The highest BCUT2D eigenvalue weighted by Gasteiger charge is 2.23. The molecule has 22 heavy (non-hydrogen) atoms. The third-order valence-corrected chi connectivity index (χ3v) is 6.34. The van der Waals surface area contributed by atoms with Crippen LogP contribution in [0.3, 0.4) is 0 Å². The van der Waals surface area contributed by atoms with E-state index in [4.69, 9.17) is 17.0 Å². The number of thiocarbonyl (C=S) groups is 1. The number of thiophene rings is 1. The Morgan fingerprint density at radius 3 is 2.91 bits per heavy atom. The maximum atomic E-state index is 5.63. The van der Waals surface area contributed by atoms with E-state index in [9.17, 15) is 0 Å². The zero-order valence-corrected chi connectivity index (χ0v) is 15.9. The standard InChI is InChI=1S/C15H22BrN3OS2/c16-14-4-3-13(22-14)11-18-5-7-19(8-6-18)15(21)17-10-12-2-1-9-20-12/h3-4,12H,1-2,5-11H2,(H,17,21)/p+1/t12-/m0/s1. The summed E-state index contributed by atoms with van der Waals surface area (Å²) in [5.41, 5.74) is 0. The number of quaternary nitrogens is 1. The van der Waals surface area contributed by atoms with Crippen LogP contribution >= 0.6 is 39.5 Å². The van der Waals surface area contributed by atoms with E-state index >= 15 is 0 Å². The number of piperazine rings is 1. The lowest BCUT2D eigenvalue weighted by Gasteiger charge is -2.34. The Labute approximate surface area is 149 Å². The van der Waals surface area contributed by atoms with E-state index in [-0.39, 0.29) is 0 Å². The molecule has 0 radical (unpaired) electrons. The van der Waals surface area contributed by atoms with Crippen molar-refractivity contribution in [3.63, 3.8) is 0 Å². The highest BCUT2D eigenvalue weighted by molar-refractivity contribution is 9.11. The second-order valence-electron chi connectivity index (χ2n) is 5.94. The third kappa shape index (κ3) is 4.64. The number of rotatable bonds is 4. The summed E-state index contributed by atoms with van der Waals surface area (Å²) in [7, 11) is 0. The van der Waals surface area contributed by atoms with E-state index in [2.05, 4.69) is 38.3 Å². The molecule has 7 heteroatoms. The van der Waals surface area contributed by atoms with Crippen LogP contribution in [0.25, 0.3) is 0 Å². The summed E-state index contributed by atoms with van der Waals surface area (Å²) >= 11 is 10.9. The monoisotopic (exact) mass is 404 g/mol. The third-order valence-electron chi connectivity index (χ3n) is 4.32. The molecule has 2 saturated heterocycles. The summed E-state index contributed by atoms with van der Waals surface area (Å²) in [5.74, 6) is 0. The van der Waals surface area contributed by atoms with Gasteiger partial charge in [0.1, 0.15) is 6.54 Å². The Kier molecular flexibility index (Phi) is 6.09. The van der Waals surface area contributed by atoms with Crippen LogP contribution in [0, 0.1) is 0 Å². The molecule has 2 fully saturated rings. The topological polar surface area (TPSA) is 28.9 Å². The average molecular weight is 405 g/mol. The van der Waals surface area contributed by atoms with Gasteiger partial charge in [0.2, 0.25) is 0 Å². The molecule has 1 aromatic heterocycles. The molecule has 0 spiro atoms. The number of halogens is 1. The molecule has 2 aliphatic rings. The van der Waals surface area contributed by atoms with Crippen LogP contribution in [-0.2, 0) is 11.3 Å². The first-order valence-electron chi connectivity index (χ1n) is 7.93. The van der Waals surface area contributed by atoms with Gasteiger partial charge in [-0.15, -0.1) is 11.3 Å². The van der Waals surface area contributed by atoms with Crippen molar-refractivity contribution >= 4 is 44.6 Å². The van der Waals surface area contributed by atoms with Crippen molar-refractivity contribution in [3.05, 3.63) is 20.8 Å². The summed E-state index contributed by atoms with van der Waals surface area (Å²) in [6.07, 6.45) is 2.69. The Morgan fingerprint density at radius 1 is 1.45 bits per heavy atom. The number of hydrogen-bond donors (Lipinski definition) is 2. The SMILES string of the molecule is S=C(NC[C@@H]1CCCO1)N1CC[NH+](Cc2ccc(Br)s2)CC1. The van der Waals surface area contributed by atoms with Gasteiger partial charge in [-0.25, -0.2) is 0 Å². The quantitative estimate of drug-likeness (QED) is 0.739. The van der Waals surface area contributed by atoms with Gasteiger partial charge >= 0.3 is 0 Å². The van der Waals surface area contributed by atoms with Gasteiger partial charge in [-0.05, 0) is 53.1 Å². The van der Waals surface area contributed by atoms with Gasteiger partial charge < -0.3 is 19.9 Å². The first-order chi connectivity index (χ1) is 10.7. The molecule has 0 saturated carbocycles. The summed E-state index contributed by atoms with van der Waals surface area (Å²) in [6.45, 7) is 7.27. The van der Waals surface area contributed by atoms with Crippen LogP contribution in [0.15, 0.2) is 15.9 Å². The number of ether oxygens (including phenoxy) is 1. The molecule has 3 heterocycles. The lowest BCUT2D eigenvalue weighted by Crippen LogP contribution is -3.13. The van der Waals surface area contributed by atoms with E-state index in [1.54, 1.807) is 4.90 Å². The van der Waals surface area contributed by atoms with Crippen LogP contribution in [0.4, 0.5) is 0 Å². The zero-order chi connectivity index (χ0) is 15.4. The molecule has 4 nitrogen and oxygen atoms in total. The van der Waals surface area contributed by atoms with Crippen LogP contribution < -0.4 is 10.2 Å². The summed E-state index contributed by atoms with van der Waals surface area (Å²) < 4.78 is 6.85. The fraction of sp³-hybridized carbons (Fsp3) is 0.667. The van der Waals surface area contributed by atoms with Crippen molar-refractivity contribution in [2.24, 2.45) is 0 Å². The molecule has 0 aromatic carbocycles. The number of hydrogen-bond acceptors (Lipinski definition) is 3. The fourth-order valence-corrected chi connectivity index (χ4v) is 4.83. The molecule has 2 aliphatic heterocycles. The zero-order valence-electron chi connectivity index (χ0n) is 12.6. The first-order valence-corrected chi connectivity index (χ1v) is 9.94. The largest absolute Gasteiger partial charge is 0.376 e. The van der Waals surface area contributed by atoms with Gasteiger partial charge in [-0.2, -0.15) is 0 Å². The minimum Gasteiger partial charge on any atom is -0.376 e. The van der Waals surface area contributed by atoms with Crippen molar-refractivity contribution in [3.8, 4) is 0 Å². The molecule has 1 atom stereocenters. The van der Waals surface area contributed by atoms with E-state index in [0.29, 0.717) is 6.10 Å². The molecule has 3 rings (SSSR count). The van der Waals surface area contributed by atoms with Gasteiger partial charge in [0.05, 0.1) is 40.9 Å². The van der Waals surface area contributed by atoms with Crippen LogP contribution in [0.1, 0.15) is 17.7 Å². The van der Waals surface area contributed by atoms with E-state index in [1.165, 1.54) is 15.1 Å². The Bertz CT molecular complexity index is 497. The molecule has 1 aromatic rings. The fourth-order valence-electron chi connectivity index (χ4n) is 3.01. The lowest BCUT2D eigenvalue weighted by molar-refractivity contribution is -0.917. The maximum Gasteiger partial charge on any atom is 0.169 e. The Balaban J connectivity index is 1.38. The molecule has 0 amide bonds. The van der Waals surface area contributed by atoms with Crippen molar-refractivity contribution in [1.82, 2.24) is 10.2 Å². The summed E-state index contributed by atoms with van der Waals surface area (Å²) in [5, 5.41) is 4.28. The normalized spacial score (nSPS) is 23.0. The van der Waals surface area contributed by atoms with Crippen molar-refractivity contribution in [1.29, 1.82) is 0 Å². The molecular weight excluding hydrogens is 382 g/mol. The number of nitrogens with zero attached hydrogens (tertiary/aromatic N) is 1. The Morgan fingerprint density at radius 2 is 2.27 bits per heavy atom. The van der Waals surface area contributed by atoms with E-state index in [1.807, 2.05) is 11.3 Å². The van der Waals surface area contributed by atoms with Crippen molar-refractivity contribution in [2.45, 2.75) is 25.5 Å². The van der Waals surface area contributed by atoms with Crippen molar-refractivity contribution < 1.29 is 9.64 Å². The van der Waals surface area contributed by atoms with Gasteiger partial charge in [-0.1, -0.05) is 0 Å². The van der Waals surface area contributed by atoms with Crippen LogP contribution in [0.5, 0.6) is 0 Å². The number of nitrogens with one attached hydrogen (secondary N) is 2. The second kappa shape index (κ2) is 8.06. The predicted octanol–water partition coefficient (Wildman–Crippen LogP) is 1.26. The maximum absolute atomic E-state index is 5.63. The van der Waals surface area contributed by atoms with E-state index in [0.717, 1.165) is 57.4 Å².